The Morgan fingerprint density at radius 2 is 1.65 bits per heavy atom. The first-order valence-corrected chi connectivity index (χ1v) is 13.6. The number of hydrogen-bond acceptors (Lipinski definition) is 7. The fourth-order valence-electron chi connectivity index (χ4n) is 4.43. The van der Waals surface area contributed by atoms with E-state index in [0.717, 1.165) is 16.0 Å². The maximum atomic E-state index is 12.5. The van der Waals surface area contributed by atoms with Crippen LogP contribution < -0.4 is 0 Å². The quantitative estimate of drug-likeness (QED) is 0.270. The number of benzene rings is 3. The van der Waals surface area contributed by atoms with Crippen molar-refractivity contribution >= 4 is 29.3 Å². The number of halogens is 1. The van der Waals surface area contributed by atoms with Crippen molar-refractivity contribution in [2.45, 2.75) is 54.6 Å². The van der Waals surface area contributed by atoms with Crippen molar-refractivity contribution in [3.8, 4) is 0 Å². The van der Waals surface area contributed by atoms with E-state index in [2.05, 4.69) is 12.1 Å². The van der Waals surface area contributed by atoms with Crippen LogP contribution in [0.2, 0.25) is 0 Å². The Bertz CT molecular complexity index is 1150. The van der Waals surface area contributed by atoms with Crippen molar-refractivity contribution in [2.75, 3.05) is 12.5 Å². The van der Waals surface area contributed by atoms with Gasteiger partial charge in [0.25, 0.3) is 0 Å². The van der Waals surface area contributed by atoms with E-state index in [4.69, 9.17) is 35.3 Å². The van der Waals surface area contributed by atoms with Crippen molar-refractivity contribution in [1.29, 1.82) is 0 Å². The van der Waals surface area contributed by atoms with E-state index in [9.17, 15) is 4.79 Å². The number of alkyl halides is 1. The molecule has 6 atom stereocenters. The van der Waals surface area contributed by atoms with Gasteiger partial charge in [-0.3, -0.25) is 4.79 Å². The number of thioether (sulfide) groups is 1. The number of carbonyl (C=O) groups is 1. The molecule has 0 N–H and O–H groups in total. The summed E-state index contributed by atoms with van der Waals surface area (Å²) in [4.78, 5) is 13.5. The minimum atomic E-state index is -0.744. The van der Waals surface area contributed by atoms with Crippen LogP contribution in [0.3, 0.4) is 0 Å². The topological polar surface area (TPSA) is 63.2 Å². The van der Waals surface area contributed by atoms with E-state index in [1.54, 1.807) is 0 Å². The third-order valence-corrected chi connectivity index (χ3v) is 7.66. The molecule has 0 aromatic heterocycles. The first kappa shape index (κ1) is 26.2. The monoisotopic (exact) mass is 540 g/mol. The summed E-state index contributed by atoms with van der Waals surface area (Å²) in [5.41, 5.74) is 2.57. The fraction of sp³-hybridized carbons (Fsp3) is 0.345. The first-order chi connectivity index (χ1) is 18.1. The number of fused-ring (bicyclic) bond motifs is 1. The van der Waals surface area contributed by atoms with Gasteiger partial charge in [-0.1, -0.05) is 90.1 Å². The molecule has 3 aromatic rings. The van der Waals surface area contributed by atoms with Gasteiger partial charge in [0.2, 0.25) is 0 Å². The molecule has 0 amide bonds. The Morgan fingerprint density at radius 1 is 0.946 bits per heavy atom. The summed E-state index contributed by atoms with van der Waals surface area (Å²) in [7, 11) is 0. The molecule has 2 saturated heterocycles. The van der Waals surface area contributed by atoms with Gasteiger partial charge in [0, 0.05) is 10.5 Å². The molecule has 2 aliphatic heterocycles. The van der Waals surface area contributed by atoms with Gasteiger partial charge in [-0.25, -0.2) is 0 Å². The van der Waals surface area contributed by atoms with Gasteiger partial charge in [0.15, 0.2) is 12.4 Å². The van der Waals surface area contributed by atoms with Crippen LogP contribution in [0.4, 0.5) is 0 Å². The molecule has 1 unspecified atom stereocenters. The number of esters is 1. The number of aryl methyl sites for hydroxylation is 1. The molecule has 6 nitrogen and oxygen atoms in total. The Hall–Kier alpha value is -2.39. The van der Waals surface area contributed by atoms with Gasteiger partial charge in [0.1, 0.15) is 29.6 Å². The summed E-state index contributed by atoms with van der Waals surface area (Å²) in [6.45, 7) is 2.66. The summed E-state index contributed by atoms with van der Waals surface area (Å²) >= 11 is 7.38. The summed E-state index contributed by atoms with van der Waals surface area (Å²) in [6.07, 6.45) is -3.02. The Labute approximate surface area is 226 Å². The molecule has 2 fully saturated rings. The molecule has 0 spiro atoms. The van der Waals surface area contributed by atoms with Crippen LogP contribution in [0.1, 0.15) is 23.0 Å². The fourth-order valence-corrected chi connectivity index (χ4v) is 5.62. The molecule has 0 bridgehead atoms. The number of ether oxygens (including phenoxy) is 5. The largest absolute Gasteiger partial charge is 0.456 e. The van der Waals surface area contributed by atoms with Crippen molar-refractivity contribution in [2.24, 2.45) is 0 Å². The molecular weight excluding hydrogens is 512 g/mol. The van der Waals surface area contributed by atoms with Crippen LogP contribution in [0.15, 0.2) is 89.8 Å². The summed E-state index contributed by atoms with van der Waals surface area (Å²) < 4.78 is 31.3. The number of hydrogen-bond donors (Lipinski definition) is 0. The Morgan fingerprint density at radius 3 is 2.35 bits per heavy atom. The van der Waals surface area contributed by atoms with Crippen molar-refractivity contribution in [3.63, 3.8) is 0 Å². The lowest BCUT2D eigenvalue weighted by Crippen LogP contribution is -2.62. The number of carbonyl (C=O) groups excluding carboxylic acids is 1. The van der Waals surface area contributed by atoms with Gasteiger partial charge in [-0.05, 0) is 24.6 Å². The van der Waals surface area contributed by atoms with Crippen LogP contribution in [-0.4, -0.2) is 48.3 Å². The molecule has 2 heterocycles. The summed E-state index contributed by atoms with van der Waals surface area (Å²) in [6, 6.07) is 27.7. The lowest BCUT2D eigenvalue weighted by molar-refractivity contribution is -0.324. The first-order valence-electron chi connectivity index (χ1n) is 12.2. The van der Waals surface area contributed by atoms with E-state index in [-0.39, 0.29) is 12.5 Å². The molecule has 194 valence electrons. The Balaban J connectivity index is 1.44. The zero-order chi connectivity index (χ0) is 25.6. The highest BCUT2D eigenvalue weighted by atomic mass is 35.5. The molecule has 5 rings (SSSR count). The van der Waals surface area contributed by atoms with E-state index in [1.165, 1.54) is 17.3 Å². The van der Waals surface area contributed by atoms with Crippen LogP contribution in [0.5, 0.6) is 0 Å². The van der Waals surface area contributed by atoms with Crippen LogP contribution in [-0.2, 0) is 35.1 Å². The predicted molar refractivity (Wildman–Crippen MR) is 141 cm³/mol. The van der Waals surface area contributed by atoms with Gasteiger partial charge in [-0.2, -0.15) is 0 Å². The maximum Gasteiger partial charge on any atom is 0.321 e. The zero-order valence-electron chi connectivity index (χ0n) is 20.4. The second-order valence-corrected chi connectivity index (χ2v) is 10.4. The second-order valence-electron chi connectivity index (χ2n) is 9.00. The summed E-state index contributed by atoms with van der Waals surface area (Å²) in [5, 5.41) is 0. The molecule has 3 aromatic carbocycles. The van der Waals surface area contributed by atoms with E-state index < -0.39 is 42.1 Å². The highest BCUT2D eigenvalue weighted by Crippen LogP contribution is 2.41. The number of rotatable bonds is 8. The minimum absolute atomic E-state index is 0.269. The van der Waals surface area contributed by atoms with Gasteiger partial charge >= 0.3 is 5.97 Å². The van der Waals surface area contributed by atoms with Gasteiger partial charge < -0.3 is 23.7 Å². The molecular formula is C29H29ClO6S. The zero-order valence-corrected chi connectivity index (χ0v) is 22.0. The molecule has 0 aliphatic carbocycles. The standard InChI is InChI=1S/C29H29ClO6S/c1-19-12-14-22(15-13-19)37-29-27(32-17-20-8-4-2-5-9-20)26(35-24(31)16-30)25-23(34-29)18-33-28(36-25)21-10-6-3-7-11-21/h2-15,23,25-29H,16-18H2,1H3/t23-,25+,26+,27-,28?,29+/m1/s1. The highest BCUT2D eigenvalue weighted by molar-refractivity contribution is 7.99. The lowest BCUT2D eigenvalue weighted by Gasteiger charge is -2.48. The minimum Gasteiger partial charge on any atom is -0.456 e. The lowest BCUT2D eigenvalue weighted by atomic mass is 9.98. The molecule has 2 aliphatic rings. The van der Waals surface area contributed by atoms with E-state index in [1.807, 2.05) is 79.7 Å². The third-order valence-electron chi connectivity index (χ3n) is 6.29. The molecule has 0 saturated carbocycles. The highest BCUT2D eigenvalue weighted by Gasteiger charge is 2.52. The average Bonchev–Trinajstić information content (AvgIpc) is 2.94. The summed E-state index contributed by atoms with van der Waals surface area (Å²) in [5.74, 6) is -0.805. The van der Waals surface area contributed by atoms with Crippen molar-refractivity contribution < 1.29 is 28.5 Å². The van der Waals surface area contributed by atoms with Gasteiger partial charge in [0.05, 0.1) is 13.2 Å². The predicted octanol–water partition coefficient (Wildman–Crippen LogP) is 5.66. The van der Waals surface area contributed by atoms with Crippen LogP contribution in [0, 0.1) is 6.92 Å². The SMILES string of the molecule is Cc1ccc(S[C@@H]2O[C@@H]3COC(c4ccccc4)O[C@@H]3[C@H](OC(=O)CCl)[C@H]2OCc2ccccc2)cc1. The maximum absolute atomic E-state index is 12.5. The molecule has 8 heteroatoms. The second kappa shape index (κ2) is 12.4. The average molecular weight is 541 g/mol. The third kappa shape index (κ3) is 6.55. The van der Waals surface area contributed by atoms with Crippen molar-refractivity contribution in [1.82, 2.24) is 0 Å². The van der Waals surface area contributed by atoms with Crippen LogP contribution >= 0.6 is 23.4 Å². The van der Waals surface area contributed by atoms with Crippen LogP contribution in [0.25, 0.3) is 0 Å². The van der Waals surface area contributed by atoms with E-state index >= 15 is 0 Å². The Kier molecular flexibility index (Phi) is 8.81. The molecule has 0 radical (unpaired) electrons. The van der Waals surface area contributed by atoms with E-state index in [0.29, 0.717) is 6.61 Å². The molecule has 37 heavy (non-hydrogen) atoms. The van der Waals surface area contributed by atoms with Crippen molar-refractivity contribution in [3.05, 3.63) is 102 Å². The smallest absolute Gasteiger partial charge is 0.321 e. The van der Waals surface area contributed by atoms with Gasteiger partial charge in [-0.15, -0.1) is 11.6 Å². The normalized spacial score (nSPS) is 27.3.